The minimum atomic E-state index is 0.573. The lowest BCUT2D eigenvalue weighted by Gasteiger charge is -2.13. The molecule has 6 heteroatoms. The smallest absolute Gasteiger partial charge is 0.229 e. The molecule has 5 rings (SSSR count). The van der Waals surface area contributed by atoms with Crippen LogP contribution in [0.15, 0.2) is 88.2 Å². The molecule has 0 saturated heterocycles. The molecule has 0 bridgehead atoms. The quantitative estimate of drug-likeness (QED) is 0.289. The van der Waals surface area contributed by atoms with Crippen LogP contribution < -0.4 is 4.72 Å². The van der Waals surface area contributed by atoms with E-state index in [4.69, 9.17) is 27.6 Å². The SMILES string of the molecule is Clc1cc(Cl)cc(SNc2c(-c3nc4ccccc4o3)ccc3ccccc23)c1. The molecule has 0 atom stereocenters. The van der Waals surface area contributed by atoms with Gasteiger partial charge in [0.25, 0.3) is 0 Å². The third kappa shape index (κ3) is 3.67. The Morgan fingerprint density at radius 2 is 1.59 bits per heavy atom. The molecule has 0 aliphatic rings. The fraction of sp³-hybridized carbons (Fsp3) is 0. The minimum Gasteiger partial charge on any atom is -0.436 e. The highest BCUT2D eigenvalue weighted by molar-refractivity contribution is 8.00. The van der Waals surface area contributed by atoms with Crippen LogP contribution in [-0.2, 0) is 0 Å². The number of rotatable bonds is 4. The van der Waals surface area contributed by atoms with Gasteiger partial charge < -0.3 is 9.14 Å². The van der Waals surface area contributed by atoms with Crippen LogP contribution in [0.5, 0.6) is 0 Å². The van der Waals surface area contributed by atoms with Gasteiger partial charge in [0.1, 0.15) is 5.52 Å². The van der Waals surface area contributed by atoms with Gasteiger partial charge in [-0.2, -0.15) is 0 Å². The topological polar surface area (TPSA) is 38.1 Å². The number of hydrogen-bond donors (Lipinski definition) is 1. The Morgan fingerprint density at radius 1 is 0.828 bits per heavy atom. The number of aromatic nitrogens is 1. The predicted octanol–water partition coefficient (Wildman–Crippen LogP) is 8.07. The lowest BCUT2D eigenvalue weighted by Crippen LogP contribution is -1.93. The molecule has 1 N–H and O–H groups in total. The second kappa shape index (κ2) is 7.64. The number of hydrogen-bond acceptors (Lipinski definition) is 4. The highest BCUT2D eigenvalue weighted by Gasteiger charge is 2.15. The molecule has 0 saturated carbocycles. The summed E-state index contributed by atoms with van der Waals surface area (Å²) in [5, 5.41) is 3.39. The highest BCUT2D eigenvalue weighted by Crippen LogP contribution is 2.38. The number of benzene rings is 4. The zero-order valence-electron chi connectivity index (χ0n) is 15.0. The Morgan fingerprint density at radius 3 is 2.41 bits per heavy atom. The van der Waals surface area contributed by atoms with E-state index in [0.717, 1.165) is 38.0 Å². The number of anilines is 1. The van der Waals surface area contributed by atoms with E-state index < -0.39 is 0 Å². The van der Waals surface area contributed by atoms with Gasteiger partial charge in [0.05, 0.1) is 11.3 Å². The van der Waals surface area contributed by atoms with Crippen LogP contribution in [0, 0.1) is 0 Å². The standard InChI is InChI=1S/C23H14Cl2N2OS/c24-15-11-16(25)13-17(12-15)29-27-22-18-6-2-1-5-14(18)9-10-19(22)23-26-20-7-3-4-8-21(20)28-23/h1-13,27H. The number of fused-ring (bicyclic) bond motifs is 2. The number of halogens is 2. The van der Waals surface area contributed by atoms with Gasteiger partial charge >= 0.3 is 0 Å². The van der Waals surface area contributed by atoms with Gasteiger partial charge in [-0.3, -0.25) is 0 Å². The molecule has 1 heterocycles. The molecule has 142 valence electrons. The van der Waals surface area contributed by atoms with E-state index in [2.05, 4.69) is 27.9 Å². The predicted molar refractivity (Wildman–Crippen MR) is 123 cm³/mol. The summed E-state index contributed by atoms with van der Waals surface area (Å²) < 4.78 is 9.50. The second-order valence-corrected chi connectivity index (χ2v) is 8.26. The van der Waals surface area contributed by atoms with Crippen molar-refractivity contribution in [2.24, 2.45) is 0 Å². The highest BCUT2D eigenvalue weighted by atomic mass is 35.5. The molecular formula is C23H14Cl2N2OS. The Hall–Kier alpha value is -2.66. The molecule has 4 aromatic carbocycles. The third-order valence-electron chi connectivity index (χ3n) is 4.56. The fourth-order valence-electron chi connectivity index (χ4n) is 3.24. The summed E-state index contributed by atoms with van der Waals surface area (Å²) in [7, 11) is 0. The first-order valence-corrected chi connectivity index (χ1v) is 10.5. The largest absolute Gasteiger partial charge is 0.436 e. The number of nitrogens with zero attached hydrogens (tertiary/aromatic N) is 1. The molecule has 29 heavy (non-hydrogen) atoms. The molecular weight excluding hydrogens is 423 g/mol. The van der Waals surface area contributed by atoms with Gasteiger partial charge in [-0.1, -0.05) is 65.7 Å². The maximum atomic E-state index is 6.15. The second-order valence-electron chi connectivity index (χ2n) is 6.51. The zero-order chi connectivity index (χ0) is 19.8. The summed E-state index contributed by atoms with van der Waals surface area (Å²) in [6.45, 7) is 0. The van der Waals surface area contributed by atoms with E-state index >= 15 is 0 Å². The van der Waals surface area contributed by atoms with Crippen molar-refractivity contribution in [3.8, 4) is 11.5 Å². The van der Waals surface area contributed by atoms with Gasteiger partial charge in [-0.05, 0) is 53.7 Å². The van der Waals surface area contributed by atoms with Gasteiger partial charge in [0.2, 0.25) is 5.89 Å². The van der Waals surface area contributed by atoms with Crippen LogP contribution in [0.1, 0.15) is 0 Å². The molecule has 1 aromatic heterocycles. The maximum absolute atomic E-state index is 6.15. The van der Waals surface area contributed by atoms with E-state index in [0.29, 0.717) is 15.9 Å². The van der Waals surface area contributed by atoms with Crippen LogP contribution in [0.3, 0.4) is 0 Å². The lowest BCUT2D eigenvalue weighted by atomic mass is 10.0. The van der Waals surface area contributed by atoms with Gasteiger partial charge in [0, 0.05) is 20.3 Å². The van der Waals surface area contributed by atoms with Crippen LogP contribution in [0.2, 0.25) is 10.0 Å². The third-order valence-corrected chi connectivity index (χ3v) is 5.77. The van der Waals surface area contributed by atoms with Gasteiger partial charge in [-0.15, -0.1) is 0 Å². The molecule has 0 fully saturated rings. The van der Waals surface area contributed by atoms with Crippen molar-refractivity contribution in [3.05, 3.63) is 88.9 Å². The average Bonchev–Trinajstić information content (AvgIpc) is 3.15. The van der Waals surface area contributed by atoms with Crippen LogP contribution >= 0.6 is 35.1 Å². The van der Waals surface area contributed by atoms with Crippen LogP contribution in [0.4, 0.5) is 5.69 Å². The molecule has 0 unspecified atom stereocenters. The van der Waals surface area contributed by atoms with Crippen molar-refractivity contribution >= 4 is 62.7 Å². The first-order valence-electron chi connectivity index (χ1n) is 8.94. The Kier molecular flexibility index (Phi) is 4.84. The summed E-state index contributed by atoms with van der Waals surface area (Å²) in [5.74, 6) is 0.573. The summed E-state index contributed by atoms with van der Waals surface area (Å²) in [5.41, 5.74) is 3.41. The van der Waals surface area contributed by atoms with Crippen molar-refractivity contribution in [2.75, 3.05) is 4.72 Å². The maximum Gasteiger partial charge on any atom is 0.229 e. The number of nitrogens with one attached hydrogen (secondary N) is 1. The molecule has 0 aliphatic heterocycles. The van der Waals surface area contributed by atoms with E-state index in [1.165, 1.54) is 11.9 Å². The summed E-state index contributed by atoms with van der Waals surface area (Å²) >= 11 is 13.7. The molecule has 0 aliphatic carbocycles. The summed E-state index contributed by atoms with van der Waals surface area (Å²) in [6, 6.07) is 25.5. The first-order chi connectivity index (χ1) is 14.2. The molecule has 0 amide bonds. The first kappa shape index (κ1) is 18.4. The van der Waals surface area contributed by atoms with Gasteiger partial charge in [0.15, 0.2) is 5.58 Å². The Balaban J connectivity index is 1.62. The lowest BCUT2D eigenvalue weighted by molar-refractivity contribution is 0.620. The number of para-hydroxylation sites is 2. The van der Waals surface area contributed by atoms with E-state index in [9.17, 15) is 0 Å². The monoisotopic (exact) mass is 436 g/mol. The summed E-state index contributed by atoms with van der Waals surface area (Å²) in [6.07, 6.45) is 0. The Bertz CT molecular complexity index is 1300. The van der Waals surface area contributed by atoms with Crippen LogP contribution in [-0.4, -0.2) is 4.98 Å². The normalized spacial score (nSPS) is 11.2. The molecule has 3 nitrogen and oxygen atoms in total. The van der Waals surface area contributed by atoms with Gasteiger partial charge in [-0.25, -0.2) is 4.98 Å². The van der Waals surface area contributed by atoms with Crippen LogP contribution in [0.25, 0.3) is 33.3 Å². The average molecular weight is 437 g/mol. The van der Waals surface area contributed by atoms with Crippen molar-refractivity contribution in [3.63, 3.8) is 0 Å². The van der Waals surface area contributed by atoms with E-state index in [-0.39, 0.29) is 0 Å². The zero-order valence-corrected chi connectivity index (χ0v) is 17.4. The molecule has 0 radical (unpaired) electrons. The van der Waals surface area contributed by atoms with Crippen molar-refractivity contribution in [2.45, 2.75) is 4.90 Å². The van der Waals surface area contributed by atoms with E-state index in [1.807, 2.05) is 54.6 Å². The van der Waals surface area contributed by atoms with Crippen molar-refractivity contribution in [1.82, 2.24) is 4.98 Å². The molecule has 0 spiro atoms. The van der Waals surface area contributed by atoms with E-state index in [1.54, 1.807) is 6.07 Å². The minimum absolute atomic E-state index is 0.573. The molecule has 5 aromatic rings. The Labute approximate surface area is 181 Å². The summed E-state index contributed by atoms with van der Waals surface area (Å²) in [4.78, 5) is 5.59. The van der Waals surface area contributed by atoms with Crippen molar-refractivity contribution < 1.29 is 4.42 Å². The number of oxazole rings is 1. The fourth-order valence-corrected chi connectivity index (χ4v) is 4.71. The van der Waals surface area contributed by atoms with Crippen molar-refractivity contribution in [1.29, 1.82) is 0 Å².